The Morgan fingerprint density at radius 1 is 0.459 bits per heavy atom. The number of hydrogen-bond donors (Lipinski definition) is 11. The summed E-state index contributed by atoms with van der Waals surface area (Å²) in [5, 5.41) is 63.0. The number of rotatable bonds is 24. The van der Waals surface area contributed by atoms with E-state index in [0.717, 1.165) is 50.8 Å². The average molecular weight is 1720 g/mol. The normalized spacial score (nSPS) is 22.4. The zero-order valence-corrected chi connectivity index (χ0v) is 66.3. The molecule has 37 heteroatoms. The van der Waals surface area contributed by atoms with Crippen molar-refractivity contribution in [3.8, 4) is 0 Å². The number of hydrogen-bond acceptors (Lipinski definition) is 23. The first kappa shape index (κ1) is 87.4. The number of halogens is 7. The summed E-state index contributed by atoms with van der Waals surface area (Å²) in [4.78, 5) is 53.5. The molecule has 0 amide bonds. The van der Waals surface area contributed by atoms with Crippen molar-refractivity contribution in [1.29, 1.82) is 0 Å². The van der Waals surface area contributed by atoms with E-state index in [1.807, 2.05) is 103 Å². The average Bonchev–Trinajstić information content (AvgIpc) is 1.76. The van der Waals surface area contributed by atoms with Crippen LogP contribution in [0, 0.1) is 5.92 Å². The minimum absolute atomic E-state index is 0. The highest BCUT2D eigenvalue weighted by Gasteiger charge is 2.47. The SMILES string of the molecule is C.CC[C@H]1O[C@@H](c2ccc3c(NCc4ccccc4)nc(Cl)nc3c2)[C@H](OCc2ccccc2)[C@@H]1C.O=P(Cl)(Cl)CP(=O)(Cl)Cl.O=P(O)(O)CP(=O)(O)OC[C@H]1O[C@@H](c2ccc3c(NCc4ccccc4)nc(Cl)nc3c2)[C@H](O)[C@@H]1O.OC[C@H]1O[C@@H](c2ccc3c(NCc4ccccc4)nc(Cl)nc3c2)[C@H](O)[C@@H]1O. The summed E-state index contributed by atoms with van der Waals surface area (Å²) in [5.41, 5.74) is 8.43. The Morgan fingerprint density at radius 2 is 0.807 bits per heavy atom. The predicted octanol–water partition coefficient (Wildman–Crippen LogP) is 16.3. The second kappa shape index (κ2) is 39.4. The molecule has 3 aliphatic rings. The van der Waals surface area contributed by atoms with Crippen molar-refractivity contribution in [2.24, 2.45) is 5.92 Å². The van der Waals surface area contributed by atoms with Gasteiger partial charge in [0.1, 0.15) is 78.3 Å². The van der Waals surface area contributed by atoms with E-state index in [1.54, 1.807) is 30.3 Å². The van der Waals surface area contributed by atoms with Crippen LogP contribution in [-0.2, 0) is 68.0 Å². The number of aliphatic hydroxyl groups excluding tert-OH is 5. The Kier molecular flexibility index (Phi) is 31.6. The molecule has 13 rings (SSSR count). The molecule has 584 valence electrons. The van der Waals surface area contributed by atoms with E-state index in [-0.39, 0.29) is 54.1 Å². The molecule has 0 bridgehead atoms. The van der Waals surface area contributed by atoms with E-state index >= 15 is 0 Å². The van der Waals surface area contributed by atoms with Crippen LogP contribution in [0.5, 0.6) is 0 Å². The molecule has 11 N–H and O–H groups in total. The van der Waals surface area contributed by atoms with Crippen LogP contribution in [0.3, 0.4) is 0 Å². The summed E-state index contributed by atoms with van der Waals surface area (Å²) in [7, 11) is -9.46. The minimum Gasteiger partial charge on any atom is -0.394 e. The number of aliphatic hydroxyl groups is 5. The summed E-state index contributed by atoms with van der Waals surface area (Å²) in [6.45, 7) is 5.63. The molecule has 3 aliphatic heterocycles. The summed E-state index contributed by atoms with van der Waals surface area (Å²) in [6.07, 6.45) is -8.16. The maximum absolute atomic E-state index is 11.9. The van der Waals surface area contributed by atoms with Gasteiger partial charge in [-0.25, -0.2) is 29.9 Å². The molecule has 0 radical (unpaired) electrons. The summed E-state index contributed by atoms with van der Waals surface area (Å²) >= 11 is 38.5. The van der Waals surface area contributed by atoms with Crippen LogP contribution < -0.4 is 16.0 Å². The van der Waals surface area contributed by atoms with Crippen LogP contribution in [0.15, 0.2) is 176 Å². The molecule has 3 aromatic heterocycles. The molecule has 10 aromatic rings. The largest absolute Gasteiger partial charge is 0.394 e. The molecule has 6 heterocycles. The highest BCUT2D eigenvalue weighted by Crippen LogP contribution is 2.72. The Hall–Kier alpha value is -5.61. The highest BCUT2D eigenvalue weighted by molar-refractivity contribution is 8.21. The molecule has 1 unspecified atom stereocenters. The van der Waals surface area contributed by atoms with Gasteiger partial charge in [0.25, 0.3) is 11.7 Å². The third-order valence-corrected chi connectivity index (χ3v) is 27.9. The van der Waals surface area contributed by atoms with Crippen molar-refractivity contribution in [2.45, 2.75) is 121 Å². The van der Waals surface area contributed by atoms with Gasteiger partial charge >= 0.3 is 15.2 Å². The quantitative estimate of drug-likeness (QED) is 0.0198. The van der Waals surface area contributed by atoms with Gasteiger partial charge < -0.3 is 79.6 Å². The maximum atomic E-state index is 11.9. The first-order chi connectivity index (χ1) is 51.3. The first-order valence-corrected chi connectivity index (χ1v) is 45.6. The van der Waals surface area contributed by atoms with Gasteiger partial charge in [-0.1, -0.05) is 161 Å². The Labute approximate surface area is 662 Å². The molecule has 0 spiro atoms. The van der Waals surface area contributed by atoms with Crippen LogP contribution in [0.4, 0.5) is 17.5 Å². The van der Waals surface area contributed by atoms with Crippen molar-refractivity contribution < 1.29 is 81.9 Å². The van der Waals surface area contributed by atoms with Crippen LogP contribution in [0.1, 0.15) is 85.0 Å². The number of aromatic nitrogens is 6. The van der Waals surface area contributed by atoms with E-state index < -0.39 is 94.1 Å². The van der Waals surface area contributed by atoms with Crippen molar-refractivity contribution in [3.05, 3.63) is 231 Å². The summed E-state index contributed by atoms with van der Waals surface area (Å²) in [5.74, 6) is -6.54. The topological polar surface area (TPSA) is 390 Å². The monoisotopic (exact) mass is 1710 g/mol. The number of anilines is 3. The van der Waals surface area contributed by atoms with Gasteiger partial charge in [-0.15, -0.1) is 0 Å². The van der Waals surface area contributed by atoms with Gasteiger partial charge in [-0.05, 0) is 162 Å². The number of nitrogens with one attached hydrogen (secondary N) is 3. The third-order valence-electron chi connectivity index (χ3n) is 17.4. The van der Waals surface area contributed by atoms with Gasteiger partial charge in [0.15, 0.2) is 5.90 Å². The molecule has 7 aromatic carbocycles. The Morgan fingerprint density at radius 3 is 1.15 bits per heavy atom. The lowest BCUT2D eigenvalue weighted by atomic mass is 9.93. The van der Waals surface area contributed by atoms with Crippen LogP contribution in [0.25, 0.3) is 32.7 Å². The zero-order valence-electron chi connectivity index (χ0n) is 57.4. The molecule has 3 fully saturated rings. The fourth-order valence-corrected chi connectivity index (χ4v) is 24.3. The van der Waals surface area contributed by atoms with E-state index in [2.05, 4.69) is 102 Å². The second-order valence-corrected chi connectivity index (χ2v) is 41.4. The third kappa shape index (κ3) is 24.9. The minimum atomic E-state index is -4.81. The van der Waals surface area contributed by atoms with Gasteiger partial charge in [-0.2, -0.15) is 0 Å². The molecule has 3 saturated heterocycles. The predicted molar refractivity (Wildman–Crippen MR) is 426 cm³/mol. The van der Waals surface area contributed by atoms with Gasteiger partial charge in [0.2, 0.25) is 15.9 Å². The molecular weight excluding hydrogens is 1630 g/mol. The second-order valence-electron chi connectivity index (χ2n) is 25.4. The van der Waals surface area contributed by atoms with Crippen LogP contribution in [0.2, 0.25) is 15.9 Å². The zero-order chi connectivity index (χ0) is 77.7. The number of nitrogens with zero attached hydrogens (tertiary/aromatic N) is 6. The summed E-state index contributed by atoms with van der Waals surface area (Å²) < 4.78 is 72.7. The van der Waals surface area contributed by atoms with Crippen molar-refractivity contribution in [1.82, 2.24) is 29.9 Å². The molecular formula is C72H80Cl7N9O17P4. The van der Waals surface area contributed by atoms with E-state index in [4.69, 9.17) is 113 Å². The van der Waals surface area contributed by atoms with Crippen LogP contribution >= 0.6 is 107 Å². The number of fused-ring (bicyclic) bond motifs is 3. The van der Waals surface area contributed by atoms with E-state index in [0.29, 0.717) is 65.4 Å². The van der Waals surface area contributed by atoms with Gasteiger partial charge in [-0.3, -0.25) is 18.3 Å². The van der Waals surface area contributed by atoms with E-state index in [9.17, 15) is 48.7 Å². The lowest BCUT2D eigenvalue weighted by Crippen LogP contribution is -2.33. The molecule has 0 saturated carbocycles. The van der Waals surface area contributed by atoms with Crippen molar-refractivity contribution in [3.63, 3.8) is 0 Å². The molecule has 109 heavy (non-hydrogen) atoms. The number of benzene rings is 7. The fraction of sp³-hybridized carbons (Fsp3) is 0.333. The van der Waals surface area contributed by atoms with Crippen molar-refractivity contribution >= 4 is 157 Å². The lowest BCUT2D eigenvalue weighted by Gasteiger charge is -2.22. The smallest absolute Gasteiger partial charge is 0.340 e. The molecule has 26 nitrogen and oxygen atoms in total. The van der Waals surface area contributed by atoms with Crippen LogP contribution in [-0.4, -0.2) is 144 Å². The standard InChI is InChI=1S/C29H30ClN3O2.C21H24ClN3O9P2.C20H20ClN3O4.CH2Cl4O2P2.CH4/c1-3-25-19(2)26(34-18-21-12-8-5-9-13-21)27(35-25)22-14-15-23-24(16-22)32-29(30)33-28(23)31-17-20-10-6-4-7-11-20;22-21-24-15-8-13(6-7-14(15)20(25-21)23-9-12-4-2-1-3-5-12)19-18(27)17(26)16(34-19)10-33-36(31,32)11-35(28,29)30;21-20-23-14-8-12(18-17(27)16(26)15(10-25)28-18)6-7-13(14)19(24-20)22-9-11-4-2-1-3-5-11;2-8(3,6)1-9(4,5)7;/h4-16,19,25-27H,3,17-18H2,1-2H3,(H,31,32,33);1-8,16-19,26-27H,9-11H2,(H,31,32)(H,23,24,25)(H2,28,29,30);1-8,15-18,25-27H,9-10H2,(H,22,23,24);1H2;1H4/t19-,25-,26-,27+;16-,17-,18-,19+;15-,16-,17-,18+;;/m111../s1. The number of ether oxygens (including phenoxy) is 4. The summed E-state index contributed by atoms with van der Waals surface area (Å²) in [6, 6.07) is 56.6. The molecule has 13 atom stereocenters. The Balaban J connectivity index is 0.000000178. The van der Waals surface area contributed by atoms with Gasteiger partial charge in [0.05, 0.1) is 48.6 Å². The highest BCUT2D eigenvalue weighted by atomic mass is 35.9. The Bertz CT molecular complexity index is 4860. The first-order valence-electron chi connectivity index (χ1n) is 33.5. The maximum Gasteiger partial charge on any atom is 0.340 e. The van der Waals surface area contributed by atoms with E-state index in [1.165, 1.54) is 5.56 Å². The fourth-order valence-electron chi connectivity index (χ4n) is 12.2. The van der Waals surface area contributed by atoms with Gasteiger partial charge in [0, 0.05) is 41.7 Å². The van der Waals surface area contributed by atoms with Crippen molar-refractivity contribution in [2.75, 3.05) is 41.0 Å². The molecule has 0 aliphatic carbocycles. The lowest BCUT2D eigenvalue weighted by molar-refractivity contribution is -0.0336.